The fourth-order valence-corrected chi connectivity index (χ4v) is 3.38. The van der Waals surface area contributed by atoms with Crippen molar-refractivity contribution < 1.29 is 26.2 Å². The number of hydrogen-bond acceptors (Lipinski definition) is 4. The molecule has 9 heteroatoms. The monoisotopic (exact) mass is 356 g/mol. The normalized spacial score (nSPS) is 14.8. The number of halogens is 2. The Kier molecular flexibility index (Phi) is 4.27. The summed E-state index contributed by atoms with van der Waals surface area (Å²) in [4.78, 5) is 16.1. The van der Waals surface area contributed by atoms with Crippen LogP contribution < -0.4 is 4.18 Å². The summed E-state index contributed by atoms with van der Waals surface area (Å²) in [5.74, 6) is -2.91. The Morgan fingerprint density at radius 2 is 1.88 bits per heavy atom. The van der Waals surface area contributed by atoms with Gasteiger partial charge in [0, 0.05) is 25.4 Å². The van der Waals surface area contributed by atoms with Gasteiger partial charge in [0.25, 0.3) is 5.91 Å². The lowest BCUT2D eigenvalue weighted by atomic mass is 10.3. The molecular formula is C15H14F2N2O4S. The molecule has 6 nitrogen and oxygen atoms in total. The molecule has 0 atom stereocenters. The summed E-state index contributed by atoms with van der Waals surface area (Å²) in [5, 5.41) is 0. The molecule has 2 heterocycles. The maximum absolute atomic E-state index is 13.5. The first-order chi connectivity index (χ1) is 11.4. The van der Waals surface area contributed by atoms with Gasteiger partial charge in [-0.2, -0.15) is 8.42 Å². The van der Waals surface area contributed by atoms with E-state index in [1.807, 2.05) is 0 Å². The average molecular weight is 356 g/mol. The van der Waals surface area contributed by atoms with Crippen molar-refractivity contribution >= 4 is 16.0 Å². The van der Waals surface area contributed by atoms with Gasteiger partial charge in [-0.15, -0.1) is 0 Å². The summed E-state index contributed by atoms with van der Waals surface area (Å²) >= 11 is 0. The van der Waals surface area contributed by atoms with E-state index >= 15 is 0 Å². The molecule has 1 N–H and O–H groups in total. The Morgan fingerprint density at radius 3 is 2.54 bits per heavy atom. The van der Waals surface area contributed by atoms with E-state index in [4.69, 9.17) is 0 Å². The Morgan fingerprint density at radius 1 is 1.17 bits per heavy atom. The highest BCUT2D eigenvalue weighted by atomic mass is 32.2. The van der Waals surface area contributed by atoms with Gasteiger partial charge in [0.2, 0.25) is 0 Å². The molecule has 1 saturated heterocycles. The molecule has 1 aliphatic heterocycles. The summed E-state index contributed by atoms with van der Waals surface area (Å²) < 4.78 is 55.4. The molecule has 1 aliphatic rings. The number of nitrogens with zero attached hydrogens (tertiary/aromatic N) is 1. The summed E-state index contributed by atoms with van der Waals surface area (Å²) in [6, 6.07) is 3.42. The van der Waals surface area contributed by atoms with Gasteiger partial charge in [-0.25, -0.2) is 8.78 Å². The van der Waals surface area contributed by atoms with Crippen LogP contribution in [0.15, 0.2) is 35.4 Å². The predicted molar refractivity (Wildman–Crippen MR) is 80.1 cm³/mol. The van der Waals surface area contributed by atoms with Crippen molar-refractivity contribution in [3.05, 3.63) is 47.8 Å². The third-order valence-corrected chi connectivity index (χ3v) is 4.87. The highest BCUT2D eigenvalue weighted by molar-refractivity contribution is 7.87. The van der Waals surface area contributed by atoms with Gasteiger partial charge >= 0.3 is 10.1 Å². The molecule has 0 spiro atoms. The number of hydrogen-bond donors (Lipinski definition) is 1. The smallest absolute Gasteiger partial charge is 0.340 e. The predicted octanol–water partition coefficient (Wildman–Crippen LogP) is 2.30. The van der Waals surface area contributed by atoms with Crippen LogP contribution in [0.5, 0.6) is 5.75 Å². The van der Waals surface area contributed by atoms with Crippen molar-refractivity contribution in [3.8, 4) is 5.75 Å². The van der Waals surface area contributed by atoms with Crippen molar-refractivity contribution in [2.45, 2.75) is 17.7 Å². The minimum absolute atomic E-state index is 0.110. The van der Waals surface area contributed by atoms with Crippen LogP contribution in [0.2, 0.25) is 0 Å². The topological polar surface area (TPSA) is 79.5 Å². The van der Waals surface area contributed by atoms with Gasteiger partial charge in [0.05, 0.1) is 0 Å². The van der Waals surface area contributed by atoms with Crippen molar-refractivity contribution in [2.24, 2.45) is 0 Å². The summed E-state index contributed by atoms with van der Waals surface area (Å²) in [5.41, 5.74) is 0.110. The minimum Gasteiger partial charge on any atom is -0.376 e. The molecule has 0 unspecified atom stereocenters. The zero-order chi connectivity index (χ0) is 17.3. The molecule has 0 aliphatic carbocycles. The van der Waals surface area contributed by atoms with Crippen LogP contribution in [0.4, 0.5) is 8.78 Å². The Hall–Kier alpha value is -2.42. The van der Waals surface area contributed by atoms with Crippen LogP contribution in [-0.2, 0) is 10.1 Å². The fourth-order valence-electron chi connectivity index (χ4n) is 2.44. The average Bonchev–Trinajstić information content (AvgIpc) is 3.20. The lowest BCUT2D eigenvalue weighted by Crippen LogP contribution is -2.27. The second-order valence-electron chi connectivity index (χ2n) is 5.36. The zero-order valence-electron chi connectivity index (χ0n) is 12.5. The fraction of sp³-hybridized carbons (Fsp3) is 0.267. The first-order valence-corrected chi connectivity index (χ1v) is 8.65. The van der Waals surface area contributed by atoms with Crippen molar-refractivity contribution in [2.75, 3.05) is 13.1 Å². The molecule has 2 aromatic rings. The summed E-state index contributed by atoms with van der Waals surface area (Å²) in [6.07, 6.45) is 2.91. The first kappa shape index (κ1) is 16.4. The Labute approximate surface area is 137 Å². The number of aromatic amines is 1. The van der Waals surface area contributed by atoms with Crippen molar-refractivity contribution in [1.29, 1.82) is 0 Å². The molecule has 1 amide bonds. The highest BCUT2D eigenvalue weighted by Gasteiger charge is 2.25. The van der Waals surface area contributed by atoms with Crippen LogP contribution in [0.1, 0.15) is 23.3 Å². The maximum atomic E-state index is 13.5. The van der Waals surface area contributed by atoms with Gasteiger partial charge in [0.15, 0.2) is 11.6 Å². The Bertz CT molecular complexity index is 873. The molecule has 1 aromatic heterocycles. The third kappa shape index (κ3) is 3.25. The molecule has 3 rings (SSSR count). The molecule has 128 valence electrons. The van der Waals surface area contributed by atoms with Crippen LogP contribution in [-0.4, -0.2) is 37.3 Å². The molecule has 0 bridgehead atoms. The van der Waals surface area contributed by atoms with Gasteiger partial charge in [-0.3, -0.25) is 4.79 Å². The lowest BCUT2D eigenvalue weighted by molar-refractivity contribution is 0.0787. The van der Waals surface area contributed by atoms with Gasteiger partial charge in [-0.05, 0) is 31.0 Å². The van der Waals surface area contributed by atoms with E-state index in [-0.39, 0.29) is 16.5 Å². The van der Waals surface area contributed by atoms with Crippen LogP contribution in [0.3, 0.4) is 0 Å². The van der Waals surface area contributed by atoms with E-state index in [9.17, 15) is 22.0 Å². The number of aromatic nitrogens is 1. The van der Waals surface area contributed by atoms with E-state index in [1.165, 1.54) is 0 Å². The first-order valence-electron chi connectivity index (χ1n) is 7.24. The van der Waals surface area contributed by atoms with E-state index in [0.717, 1.165) is 37.2 Å². The minimum atomic E-state index is -4.35. The number of carbonyl (C=O) groups is 1. The van der Waals surface area contributed by atoms with Crippen molar-refractivity contribution in [1.82, 2.24) is 9.88 Å². The van der Waals surface area contributed by atoms with E-state index in [2.05, 4.69) is 9.17 Å². The van der Waals surface area contributed by atoms with E-state index in [1.54, 1.807) is 4.90 Å². The van der Waals surface area contributed by atoms with Crippen LogP contribution in [0, 0.1) is 11.6 Å². The number of carbonyl (C=O) groups excluding carboxylic acids is 1. The SMILES string of the molecule is O=C(c1cc(S(=O)(=O)Oc2ccc(F)cc2F)c[nH]1)N1CCCC1. The van der Waals surface area contributed by atoms with Gasteiger partial charge in [-0.1, -0.05) is 0 Å². The van der Waals surface area contributed by atoms with Gasteiger partial charge < -0.3 is 14.1 Å². The summed E-state index contributed by atoms with van der Waals surface area (Å²) in [7, 11) is -4.35. The number of nitrogens with one attached hydrogen (secondary N) is 1. The van der Waals surface area contributed by atoms with Crippen molar-refractivity contribution in [3.63, 3.8) is 0 Å². The molecule has 1 fully saturated rings. The largest absolute Gasteiger partial charge is 0.376 e. The number of benzene rings is 1. The molecule has 0 saturated carbocycles. The number of rotatable bonds is 4. The zero-order valence-corrected chi connectivity index (χ0v) is 13.3. The third-order valence-electron chi connectivity index (χ3n) is 3.66. The maximum Gasteiger partial charge on any atom is 0.340 e. The van der Waals surface area contributed by atoms with Gasteiger partial charge in [0.1, 0.15) is 16.4 Å². The second kappa shape index (κ2) is 6.23. The van der Waals surface area contributed by atoms with Crippen LogP contribution in [0.25, 0.3) is 0 Å². The lowest BCUT2D eigenvalue weighted by Gasteiger charge is -2.13. The molecule has 24 heavy (non-hydrogen) atoms. The van der Waals surface area contributed by atoms with E-state index < -0.39 is 27.5 Å². The van der Waals surface area contributed by atoms with E-state index in [0.29, 0.717) is 19.2 Å². The van der Waals surface area contributed by atoms with Crippen LogP contribution >= 0.6 is 0 Å². The standard InChI is InChI=1S/C15H14F2N2O4S/c16-10-3-4-14(12(17)7-10)23-24(21,22)11-8-13(18-9-11)15(20)19-5-1-2-6-19/h3-4,7-9,18H,1-2,5-6H2. The number of amides is 1. The number of likely N-dealkylation sites (tertiary alicyclic amines) is 1. The molecule has 1 aromatic carbocycles. The Balaban J connectivity index is 1.81. The number of H-pyrrole nitrogens is 1. The molecular weight excluding hydrogens is 342 g/mol. The highest BCUT2D eigenvalue weighted by Crippen LogP contribution is 2.23. The molecule has 0 radical (unpaired) electrons. The summed E-state index contributed by atoms with van der Waals surface area (Å²) in [6.45, 7) is 1.24. The quantitative estimate of drug-likeness (QED) is 0.853. The second-order valence-corrected chi connectivity index (χ2v) is 6.91.